The van der Waals surface area contributed by atoms with Gasteiger partial charge in [-0.25, -0.2) is 0 Å². The van der Waals surface area contributed by atoms with Crippen molar-refractivity contribution in [2.75, 3.05) is 6.61 Å². The smallest absolute Gasteiger partial charge is 0.241 e. The van der Waals surface area contributed by atoms with Crippen molar-refractivity contribution in [2.24, 2.45) is 0 Å². The first-order chi connectivity index (χ1) is 5.90. The Morgan fingerprint density at radius 2 is 2.50 bits per heavy atom. The summed E-state index contributed by atoms with van der Waals surface area (Å²) in [5.41, 5.74) is 0. The number of aromatic nitrogens is 2. The van der Waals surface area contributed by atoms with Crippen LogP contribution in [-0.2, 0) is 15.1 Å². The second kappa shape index (κ2) is 3.24. The summed E-state index contributed by atoms with van der Waals surface area (Å²) >= 11 is 3.19. The molecule has 1 aromatic rings. The molecule has 0 atom stereocenters. The third kappa shape index (κ3) is 1.35. The second-order valence-corrected chi connectivity index (χ2v) is 2.64. The topological polar surface area (TPSA) is 57.4 Å². The molecule has 2 rings (SSSR count). The average Bonchev–Trinajstić information content (AvgIpc) is 2.75. The van der Waals surface area contributed by atoms with Crippen molar-refractivity contribution in [3.05, 3.63) is 17.8 Å². The Hall–Kier alpha value is -0.880. The highest BCUT2D eigenvalue weighted by Crippen LogP contribution is 2.17. The summed E-state index contributed by atoms with van der Waals surface area (Å²) in [6.45, 7) is 0.424. The summed E-state index contributed by atoms with van der Waals surface area (Å²) in [5.74, 6) is 1.44. The minimum Gasteiger partial charge on any atom is -0.338 e. The van der Waals surface area contributed by atoms with Gasteiger partial charge in [-0.05, 0) is 6.08 Å². The van der Waals surface area contributed by atoms with Crippen molar-refractivity contribution in [1.29, 1.82) is 0 Å². The number of nitrogens with zero attached hydrogens (tertiary/aromatic N) is 2. The zero-order valence-electron chi connectivity index (χ0n) is 5.99. The van der Waals surface area contributed by atoms with Crippen LogP contribution in [0.15, 0.2) is 10.6 Å². The lowest BCUT2D eigenvalue weighted by atomic mass is 10.4. The minimum absolute atomic E-state index is 0.418. The van der Waals surface area contributed by atoms with Gasteiger partial charge in [-0.3, -0.25) is 0 Å². The van der Waals surface area contributed by atoms with Gasteiger partial charge in [0.15, 0.2) is 0 Å². The van der Waals surface area contributed by atoms with Gasteiger partial charge in [-0.2, -0.15) is 9.87 Å². The molecule has 0 bridgehead atoms. The van der Waals surface area contributed by atoms with E-state index in [1.54, 1.807) is 6.08 Å². The summed E-state index contributed by atoms with van der Waals surface area (Å²) < 4.78 is 4.84. The molecule has 0 saturated heterocycles. The van der Waals surface area contributed by atoms with E-state index in [0.29, 0.717) is 29.4 Å². The first-order valence-corrected chi connectivity index (χ1v) is 4.41. The first kappa shape index (κ1) is 7.75. The van der Waals surface area contributed by atoms with E-state index in [0.717, 1.165) is 0 Å². The monoisotopic (exact) mass is 232 g/mol. The van der Waals surface area contributed by atoms with E-state index in [1.807, 2.05) is 0 Å². The lowest BCUT2D eigenvalue weighted by Gasteiger charge is -1.91. The molecule has 1 aromatic heterocycles. The third-order valence-corrected chi connectivity index (χ3v) is 1.77. The Balaban J connectivity index is 2.22. The molecule has 0 amide bonds. The fourth-order valence-corrected chi connectivity index (χ4v) is 1.01. The van der Waals surface area contributed by atoms with Gasteiger partial charge in [-0.1, -0.05) is 21.1 Å². The third-order valence-electron chi connectivity index (χ3n) is 1.29. The van der Waals surface area contributed by atoms with Gasteiger partial charge in [-0.15, -0.1) is 0 Å². The highest BCUT2D eigenvalue weighted by molar-refractivity contribution is 9.08. The van der Waals surface area contributed by atoms with Crippen LogP contribution >= 0.6 is 15.9 Å². The molecule has 0 unspecified atom stereocenters. The number of rotatable bonds is 2. The molecule has 0 aromatic carbocycles. The highest BCUT2D eigenvalue weighted by atomic mass is 79.9. The van der Waals surface area contributed by atoms with Crippen LogP contribution in [0.4, 0.5) is 0 Å². The quantitative estimate of drug-likeness (QED) is 0.568. The fraction of sp³-hybridized carbons (Fsp3) is 0.333. The first-order valence-electron chi connectivity index (χ1n) is 3.28. The SMILES string of the molecule is BrCc1nc(C2=CCOO2)no1. The number of hydrogen-bond acceptors (Lipinski definition) is 5. The largest absolute Gasteiger partial charge is 0.338 e. The van der Waals surface area contributed by atoms with Crippen LogP contribution in [0.2, 0.25) is 0 Å². The molecule has 12 heavy (non-hydrogen) atoms. The summed E-state index contributed by atoms with van der Waals surface area (Å²) in [7, 11) is 0. The van der Waals surface area contributed by atoms with Crippen molar-refractivity contribution < 1.29 is 14.3 Å². The maximum absolute atomic E-state index is 4.84. The van der Waals surface area contributed by atoms with Crippen LogP contribution in [0.25, 0.3) is 5.76 Å². The molecule has 0 spiro atoms. The van der Waals surface area contributed by atoms with Crippen LogP contribution in [0, 0.1) is 0 Å². The van der Waals surface area contributed by atoms with Crippen molar-refractivity contribution in [2.45, 2.75) is 5.33 Å². The van der Waals surface area contributed by atoms with Crippen LogP contribution in [0.1, 0.15) is 11.7 Å². The molecule has 6 heteroatoms. The summed E-state index contributed by atoms with van der Waals surface area (Å²) in [6.07, 6.45) is 1.74. The normalized spacial score (nSPS) is 15.9. The predicted octanol–water partition coefficient (Wildman–Crippen LogP) is 1.27. The maximum Gasteiger partial charge on any atom is 0.241 e. The van der Waals surface area contributed by atoms with Crippen molar-refractivity contribution in [3.63, 3.8) is 0 Å². The Morgan fingerprint density at radius 3 is 3.08 bits per heavy atom. The summed E-state index contributed by atoms with van der Waals surface area (Å²) in [6, 6.07) is 0. The van der Waals surface area contributed by atoms with Crippen LogP contribution < -0.4 is 0 Å². The van der Waals surface area contributed by atoms with E-state index in [2.05, 4.69) is 31.0 Å². The number of hydrogen-bond donors (Lipinski definition) is 0. The van der Waals surface area contributed by atoms with Gasteiger partial charge in [0, 0.05) is 0 Å². The van der Waals surface area contributed by atoms with Crippen LogP contribution in [-0.4, -0.2) is 16.7 Å². The Morgan fingerprint density at radius 1 is 1.58 bits per heavy atom. The van der Waals surface area contributed by atoms with E-state index in [4.69, 9.17) is 9.41 Å². The standard InChI is InChI=1S/C6H5BrN2O3/c7-3-5-8-6(9-11-5)4-1-2-10-12-4/h1H,2-3H2. The average molecular weight is 233 g/mol. The molecular formula is C6H5BrN2O3. The maximum atomic E-state index is 4.84. The van der Waals surface area contributed by atoms with Crippen LogP contribution in [0.5, 0.6) is 0 Å². The lowest BCUT2D eigenvalue weighted by Crippen LogP contribution is -1.87. The van der Waals surface area contributed by atoms with E-state index in [9.17, 15) is 0 Å². The van der Waals surface area contributed by atoms with Crippen molar-refractivity contribution in [1.82, 2.24) is 10.1 Å². The van der Waals surface area contributed by atoms with Gasteiger partial charge in [0.25, 0.3) is 0 Å². The minimum atomic E-state index is 0.418. The zero-order valence-corrected chi connectivity index (χ0v) is 7.57. The predicted molar refractivity (Wildman–Crippen MR) is 41.9 cm³/mol. The van der Waals surface area contributed by atoms with Gasteiger partial charge >= 0.3 is 0 Å². The van der Waals surface area contributed by atoms with Crippen molar-refractivity contribution >= 4 is 21.7 Å². The van der Waals surface area contributed by atoms with Crippen LogP contribution in [0.3, 0.4) is 0 Å². The molecule has 5 nitrogen and oxygen atoms in total. The second-order valence-electron chi connectivity index (χ2n) is 2.08. The molecule has 0 saturated carbocycles. The zero-order chi connectivity index (χ0) is 8.39. The highest BCUT2D eigenvalue weighted by Gasteiger charge is 2.16. The molecule has 0 fully saturated rings. The molecule has 2 heterocycles. The van der Waals surface area contributed by atoms with Gasteiger partial charge in [0.05, 0.1) is 5.33 Å². The van der Waals surface area contributed by atoms with Gasteiger partial charge in [0.1, 0.15) is 6.61 Å². The summed E-state index contributed by atoms with van der Waals surface area (Å²) in [4.78, 5) is 13.4. The Labute approximate surface area is 76.4 Å². The van der Waals surface area contributed by atoms with E-state index in [-0.39, 0.29) is 0 Å². The lowest BCUT2D eigenvalue weighted by molar-refractivity contribution is -0.209. The summed E-state index contributed by atoms with van der Waals surface area (Å²) in [5, 5.41) is 4.22. The van der Waals surface area contributed by atoms with Crippen molar-refractivity contribution in [3.8, 4) is 0 Å². The molecule has 1 aliphatic rings. The molecule has 0 radical (unpaired) electrons. The molecule has 0 N–H and O–H groups in total. The molecular weight excluding hydrogens is 228 g/mol. The fourth-order valence-electron chi connectivity index (χ4n) is 0.779. The van der Waals surface area contributed by atoms with E-state index < -0.39 is 0 Å². The molecule has 1 aliphatic heterocycles. The number of alkyl halides is 1. The van der Waals surface area contributed by atoms with Gasteiger partial charge < -0.3 is 9.41 Å². The van der Waals surface area contributed by atoms with E-state index in [1.165, 1.54) is 0 Å². The van der Waals surface area contributed by atoms with E-state index >= 15 is 0 Å². The molecule has 64 valence electrons. The molecule has 0 aliphatic carbocycles. The Kier molecular flexibility index (Phi) is 2.09. The number of halogens is 1. The Bertz CT molecular complexity index is 309. The van der Waals surface area contributed by atoms with Gasteiger partial charge in [0.2, 0.25) is 17.5 Å².